The van der Waals surface area contributed by atoms with Gasteiger partial charge in [-0.05, 0) is 44.4 Å². The van der Waals surface area contributed by atoms with E-state index in [9.17, 15) is 18.0 Å². The highest BCUT2D eigenvalue weighted by Gasteiger charge is 2.45. The molecular weight excluding hydrogens is 483 g/mol. The Bertz CT molecular complexity index is 1020. The van der Waals surface area contributed by atoms with Gasteiger partial charge < -0.3 is 14.8 Å². The van der Waals surface area contributed by atoms with Crippen LogP contribution < -0.4 is 5.32 Å². The zero-order valence-corrected chi connectivity index (χ0v) is 21.3. The summed E-state index contributed by atoms with van der Waals surface area (Å²) < 4.78 is 52.4. The molecule has 5 rings (SSSR count). The normalized spacial score (nSPS) is 30.3. The molecule has 0 amide bonds. The van der Waals surface area contributed by atoms with E-state index < -0.39 is 11.7 Å². The number of carbonyl (C=O) groups is 1. The molecule has 1 aliphatic carbocycles. The zero-order valence-electron chi connectivity index (χ0n) is 21.3. The minimum atomic E-state index is -4.39. The first-order valence-corrected chi connectivity index (χ1v) is 13.4. The number of carbonyl (C=O) groups excluding carboxylic acids is 1. The van der Waals surface area contributed by atoms with E-state index in [4.69, 9.17) is 9.47 Å². The molecule has 2 saturated heterocycles. The van der Waals surface area contributed by atoms with Gasteiger partial charge in [0.15, 0.2) is 0 Å². The minimum Gasteiger partial charge on any atom is -0.465 e. The molecule has 37 heavy (non-hydrogen) atoms. The SMILES string of the molecule is CCOC(=O)CN1CCN(C[C@H]2CC[C@@H]3[C@H](O2)c2cc(C(F)(F)F)ccc2N[C@H]3C2C=CC=CC2)CC1. The largest absolute Gasteiger partial charge is 0.465 e. The number of esters is 1. The summed E-state index contributed by atoms with van der Waals surface area (Å²) in [4.78, 5) is 16.2. The zero-order chi connectivity index (χ0) is 26.0. The quantitative estimate of drug-likeness (QED) is 0.553. The van der Waals surface area contributed by atoms with Crippen molar-refractivity contribution < 1.29 is 27.4 Å². The number of nitrogens with one attached hydrogen (secondary N) is 1. The molecule has 0 spiro atoms. The van der Waals surface area contributed by atoms with Crippen LogP contribution in [0.4, 0.5) is 18.9 Å². The van der Waals surface area contributed by atoms with Crippen LogP contribution >= 0.6 is 0 Å². The van der Waals surface area contributed by atoms with Gasteiger partial charge >= 0.3 is 12.1 Å². The molecule has 9 heteroatoms. The highest BCUT2D eigenvalue weighted by Crippen LogP contribution is 2.49. The maximum Gasteiger partial charge on any atom is 0.416 e. The third kappa shape index (κ3) is 6.04. The van der Waals surface area contributed by atoms with E-state index in [0.29, 0.717) is 18.7 Å². The predicted octanol–water partition coefficient (Wildman–Crippen LogP) is 4.65. The van der Waals surface area contributed by atoms with Crippen LogP contribution in [0.15, 0.2) is 42.5 Å². The van der Waals surface area contributed by atoms with Crippen LogP contribution in [0.2, 0.25) is 0 Å². The number of fused-ring (bicyclic) bond motifs is 3. The molecule has 3 aliphatic heterocycles. The fourth-order valence-electron chi connectivity index (χ4n) is 6.20. The molecule has 0 saturated carbocycles. The third-order valence-electron chi connectivity index (χ3n) is 8.08. The summed E-state index contributed by atoms with van der Waals surface area (Å²) in [5, 5.41) is 3.58. The van der Waals surface area contributed by atoms with Crippen LogP contribution in [-0.2, 0) is 20.4 Å². The van der Waals surface area contributed by atoms with Crippen LogP contribution in [0.25, 0.3) is 0 Å². The van der Waals surface area contributed by atoms with E-state index >= 15 is 0 Å². The summed E-state index contributed by atoms with van der Waals surface area (Å²) in [5.74, 6) is 0.189. The molecule has 4 aliphatic rings. The van der Waals surface area contributed by atoms with Gasteiger partial charge in [0.25, 0.3) is 0 Å². The smallest absolute Gasteiger partial charge is 0.416 e. The van der Waals surface area contributed by atoms with Crippen molar-refractivity contribution in [2.45, 2.75) is 50.6 Å². The minimum absolute atomic E-state index is 0.0409. The average Bonchev–Trinajstić information content (AvgIpc) is 2.89. The second kappa shape index (κ2) is 11.2. The number of hydrogen-bond donors (Lipinski definition) is 1. The molecule has 1 N–H and O–H groups in total. The molecule has 6 nitrogen and oxygen atoms in total. The van der Waals surface area contributed by atoms with E-state index in [-0.39, 0.29) is 36.1 Å². The van der Waals surface area contributed by atoms with Gasteiger partial charge in [0, 0.05) is 61.9 Å². The number of ether oxygens (including phenoxy) is 2. The van der Waals surface area contributed by atoms with E-state index in [2.05, 4.69) is 33.3 Å². The van der Waals surface area contributed by atoms with Gasteiger partial charge in [-0.1, -0.05) is 24.3 Å². The Hall–Kier alpha value is -2.36. The van der Waals surface area contributed by atoms with Crippen molar-refractivity contribution in [3.05, 3.63) is 53.6 Å². The van der Waals surface area contributed by atoms with Gasteiger partial charge in [-0.3, -0.25) is 14.6 Å². The Balaban J connectivity index is 1.28. The van der Waals surface area contributed by atoms with Crippen molar-refractivity contribution in [2.24, 2.45) is 11.8 Å². The number of halogens is 3. The number of hydrogen-bond acceptors (Lipinski definition) is 6. The highest BCUT2D eigenvalue weighted by molar-refractivity contribution is 5.71. The van der Waals surface area contributed by atoms with Crippen molar-refractivity contribution in [3.63, 3.8) is 0 Å². The lowest BCUT2D eigenvalue weighted by Crippen LogP contribution is -2.52. The summed E-state index contributed by atoms with van der Waals surface area (Å²) in [6.07, 6.45) is 6.34. The van der Waals surface area contributed by atoms with E-state index in [0.717, 1.165) is 63.7 Å². The van der Waals surface area contributed by atoms with E-state index in [1.54, 1.807) is 13.0 Å². The molecule has 0 radical (unpaired) electrons. The van der Waals surface area contributed by atoms with Gasteiger partial charge in [0.2, 0.25) is 0 Å². The van der Waals surface area contributed by atoms with Crippen molar-refractivity contribution in [1.29, 1.82) is 0 Å². The summed E-state index contributed by atoms with van der Waals surface area (Å²) in [5.41, 5.74) is 0.736. The van der Waals surface area contributed by atoms with Crippen LogP contribution in [0.5, 0.6) is 0 Å². The lowest BCUT2D eigenvalue weighted by atomic mass is 9.73. The monoisotopic (exact) mass is 519 g/mol. The number of piperazine rings is 1. The molecular formula is C28H36F3N3O3. The predicted molar refractivity (Wildman–Crippen MR) is 135 cm³/mol. The average molecular weight is 520 g/mol. The Morgan fingerprint density at radius 1 is 1.14 bits per heavy atom. The Morgan fingerprint density at radius 3 is 2.62 bits per heavy atom. The lowest BCUT2D eigenvalue weighted by molar-refractivity contribution is -0.145. The number of nitrogens with zero attached hydrogens (tertiary/aromatic N) is 2. The molecule has 1 aromatic rings. The van der Waals surface area contributed by atoms with Crippen LogP contribution in [-0.4, -0.2) is 73.8 Å². The summed E-state index contributed by atoms with van der Waals surface area (Å²) in [6.45, 7) is 6.46. The first-order valence-electron chi connectivity index (χ1n) is 13.4. The first-order chi connectivity index (χ1) is 17.8. The molecule has 2 fully saturated rings. The van der Waals surface area contributed by atoms with Crippen LogP contribution in [0.1, 0.15) is 43.4 Å². The van der Waals surface area contributed by atoms with Crippen molar-refractivity contribution in [2.75, 3.05) is 51.2 Å². The fourth-order valence-corrected chi connectivity index (χ4v) is 6.20. The van der Waals surface area contributed by atoms with E-state index in [1.807, 2.05) is 6.08 Å². The van der Waals surface area contributed by atoms with Gasteiger partial charge in [0.05, 0.1) is 30.9 Å². The summed E-state index contributed by atoms with van der Waals surface area (Å²) in [7, 11) is 0. The Labute approximate surface area is 216 Å². The second-order valence-electron chi connectivity index (χ2n) is 10.5. The van der Waals surface area contributed by atoms with Gasteiger partial charge in [0.1, 0.15) is 0 Å². The summed E-state index contributed by atoms with van der Waals surface area (Å²) >= 11 is 0. The topological polar surface area (TPSA) is 54.0 Å². The third-order valence-corrected chi connectivity index (χ3v) is 8.08. The molecule has 1 aromatic carbocycles. The van der Waals surface area contributed by atoms with Crippen molar-refractivity contribution in [3.8, 4) is 0 Å². The van der Waals surface area contributed by atoms with Gasteiger partial charge in [-0.25, -0.2) is 0 Å². The number of alkyl halides is 3. The lowest BCUT2D eigenvalue weighted by Gasteiger charge is -2.48. The molecule has 3 heterocycles. The second-order valence-corrected chi connectivity index (χ2v) is 10.5. The summed E-state index contributed by atoms with van der Waals surface area (Å²) in [6, 6.07) is 4.13. The molecule has 5 atom stereocenters. The fraction of sp³-hybridized carbons (Fsp3) is 0.607. The Morgan fingerprint density at radius 2 is 1.92 bits per heavy atom. The maximum absolute atomic E-state index is 13.6. The number of benzene rings is 1. The van der Waals surface area contributed by atoms with Gasteiger partial charge in [-0.15, -0.1) is 0 Å². The van der Waals surface area contributed by atoms with E-state index in [1.165, 1.54) is 6.07 Å². The maximum atomic E-state index is 13.6. The highest BCUT2D eigenvalue weighted by atomic mass is 19.4. The molecule has 1 unspecified atom stereocenters. The number of anilines is 1. The number of rotatable bonds is 6. The van der Waals surface area contributed by atoms with Crippen LogP contribution in [0.3, 0.4) is 0 Å². The standard InChI is InChI=1S/C28H36F3N3O3/c1-2-36-25(35)18-34-14-12-33(13-15-34)17-21-9-10-22-26(19-6-4-3-5-7-19)32-24-11-8-20(28(29,30)31)16-23(24)27(22)37-21/h3-6,8,11,16,19,21-22,26-27,32H,2,7,9-10,12-15,17-18H2,1H3/t19?,21-,22+,26+,27+/m1/s1. The Kier molecular flexibility index (Phi) is 7.93. The van der Waals surface area contributed by atoms with Crippen molar-refractivity contribution in [1.82, 2.24) is 9.80 Å². The molecule has 0 bridgehead atoms. The van der Waals surface area contributed by atoms with Crippen LogP contribution in [0, 0.1) is 11.8 Å². The van der Waals surface area contributed by atoms with Crippen molar-refractivity contribution >= 4 is 11.7 Å². The molecule has 0 aromatic heterocycles. The first kappa shape index (κ1) is 26.3. The number of allylic oxidation sites excluding steroid dienone is 3. The molecule has 202 valence electrons. The van der Waals surface area contributed by atoms with Gasteiger partial charge in [-0.2, -0.15) is 13.2 Å².